The molecule has 0 radical (unpaired) electrons. The van der Waals surface area contributed by atoms with Crippen LogP contribution in [-0.4, -0.2) is 29.9 Å². The van der Waals surface area contributed by atoms with Gasteiger partial charge in [0.05, 0.1) is 6.26 Å². The summed E-state index contributed by atoms with van der Waals surface area (Å²) in [5.41, 5.74) is 5.96. The maximum atomic E-state index is 11.9. The lowest BCUT2D eigenvalue weighted by Gasteiger charge is -2.34. The fraction of sp³-hybridized carbons (Fsp3) is 0.462. The monoisotopic (exact) mass is 234 g/mol. The van der Waals surface area contributed by atoms with Gasteiger partial charge in [-0.05, 0) is 30.5 Å². The van der Waals surface area contributed by atoms with E-state index in [-0.39, 0.29) is 11.9 Å². The van der Waals surface area contributed by atoms with Crippen molar-refractivity contribution in [2.24, 2.45) is 11.7 Å². The first-order valence-electron chi connectivity index (χ1n) is 5.93. The van der Waals surface area contributed by atoms with Crippen molar-refractivity contribution in [2.75, 3.05) is 13.1 Å². The highest BCUT2D eigenvalue weighted by atomic mass is 16.3. The van der Waals surface area contributed by atoms with Crippen molar-refractivity contribution in [1.29, 1.82) is 0 Å². The van der Waals surface area contributed by atoms with Crippen molar-refractivity contribution in [3.05, 3.63) is 30.2 Å². The topological polar surface area (TPSA) is 59.5 Å². The smallest absolute Gasteiger partial charge is 0.246 e. The standard InChI is InChI=1S/C13H18N2O2/c1-10-6-7-15(9-12(10)14)13(16)5-4-11-3-2-8-17-11/h2-5,8,10,12H,6-7,9,14H2,1H3. The summed E-state index contributed by atoms with van der Waals surface area (Å²) in [6, 6.07) is 3.70. The van der Waals surface area contributed by atoms with Gasteiger partial charge in [-0.1, -0.05) is 6.92 Å². The molecule has 1 aromatic rings. The zero-order chi connectivity index (χ0) is 12.3. The van der Waals surface area contributed by atoms with Crippen LogP contribution in [0.1, 0.15) is 19.1 Å². The highest BCUT2D eigenvalue weighted by Gasteiger charge is 2.24. The fourth-order valence-electron chi connectivity index (χ4n) is 1.94. The summed E-state index contributed by atoms with van der Waals surface area (Å²) in [4.78, 5) is 13.7. The molecule has 2 rings (SSSR count). The molecule has 2 heterocycles. The van der Waals surface area contributed by atoms with E-state index in [4.69, 9.17) is 10.2 Å². The number of piperidine rings is 1. The van der Waals surface area contributed by atoms with Crippen LogP contribution < -0.4 is 5.73 Å². The second kappa shape index (κ2) is 5.19. The van der Waals surface area contributed by atoms with E-state index in [1.54, 1.807) is 29.4 Å². The van der Waals surface area contributed by atoms with E-state index in [0.717, 1.165) is 13.0 Å². The zero-order valence-corrected chi connectivity index (χ0v) is 10.0. The summed E-state index contributed by atoms with van der Waals surface area (Å²) in [6.07, 6.45) is 5.79. The van der Waals surface area contributed by atoms with Gasteiger partial charge in [0.25, 0.3) is 0 Å². The predicted molar refractivity (Wildman–Crippen MR) is 66.1 cm³/mol. The lowest BCUT2D eigenvalue weighted by atomic mass is 9.94. The van der Waals surface area contributed by atoms with Gasteiger partial charge in [-0.25, -0.2) is 0 Å². The third-order valence-electron chi connectivity index (χ3n) is 3.26. The second-order valence-corrected chi connectivity index (χ2v) is 4.56. The Kier molecular flexibility index (Phi) is 3.64. The van der Waals surface area contributed by atoms with E-state index in [0.29, 0.717) is 18.2 Å². The van der Waals surface area contributed by atoms with Crippen LogP contribution in [0.15, 0.2) is 28.9 Å². The first-order chi connectivity index (χ1) is 8.16. The Balaban J connectivity index is 1.92. The summed E-state index contributed by atoms with van der Waals surface area (Å²) in [6.45, 7) is 3.56. The number of amides is 1. The summed E-state index contributed by atoms with van der Waals surface area (Å²) < 4.78 is 5.13. The van der Waals surface area contributed by atoms with Crippen LogP contribution in [0.25, 0.3) is 6.08 Å². The maximum Gasteiger partial charge on any atom is 0.246 e. The average molecular weight is 234 g/mol. The van der Waals surface area contributed by atoms with Crippen LogP contribution in [0.3, 0.4) is 0 Å². The van der Waals surface area contributed by atoms with Gasteiger partial charge in [0, 0.05) is 25.2 Å². The predicted octanol–water partition coefficient (Wildman–Crippen LogP) is 1.49. The molecule has 2 atom stereocenters. The Morgan fingerprint density at radius 1 is 1.65 bits per heavy atom. The van der Waals surface area contributed by atoms with E-state index >= 15 is 0 Å². The molecule has 1 aromatic heterocycles. The first-order valence-corrected chi connectivity index (χ1v) is 5.93. The Bertz CT molecular complexity index is 398. The normalized spacial score (nSPS) is 25.4. The third kappa shape index (κ3) is 2.97. The van der Waals surface area contributed by atoms with Gasteiger partial charge in [-0.2, -0.15) is 0 Å². The number of nitrogens with zero attached hydrogens (tertiary/aromatic N) is 1. The summed E-state index contributed by atoms with van der Waals surface area (Å²) >= 11 is 0. The number of carbonyl (C=O) groups is 1. The van der Waals surface area contributed by atoms with Gasteiger partial charge in [0.15, 0.2) is 0 Å². The molecule has 1 aliphatic heterocycles. The van der Waals surface area contributed by atoms with E-state index in [9.17, 15) is 4.79 Å². The van der Waals surface area contributed by atoms with Gasteiger partial charge in [0.1, 0.15) is 5.76 Å². The molecule has 0 spiro atoms. The van der Waals surface area contributed by atoms with Crippen LogP contribution in [0.2, 0.25) is 0 Å². The van der Waals surface area contributed by atoms with Gasteiger partial charge in [0.2, 0.25) is 5.91 Å². The van der Waals surface area contributed by atoms with Gasteiger partial charge >= 0.3 is 0 Å². The number of nitrogens with two attached hydrogens (primary N) is 1. The summed E-state index contributed by atoms with van der Waals surface area (Å²) in [5.74, 6) is 1.19. The number of rotatable bonds is 2. The molecule has 0 saturated carbocycles. The molecular formula is C13H18N2O2. The molecule has 1 amide bonds. The van der Waals surface area contributed by atoms with Crippen LogP contribution in [0.5, 0.6) is 0 Å². The molecule has 1 fully saturated rings. The lowest BCUT2D eigenvalue weighted by Crippen LogP contribution is -2.49. The molecule has 2 unspecified atom stereocenters. The minimum absolute atomic E-state index is 0.00347. The van der Waals surface area contributed by atoms with Crippen molar-refractivity contribution >= 4 is 12.0 Å². The third-order valence-corrected chi connectivity index (χ3v) is 3.26. The van der Waals surface area contributed by atoms with Crippen LogP contribution >= 0.6 is 0 Å². The largest absolute Gasteiger partial charge is 0.465 e. The molecule has 4 heteroatoms. The van der Waals surface area contributed by atoms with E-state index in [2.05, 4.69) is 6.92 Å². The van der Waals surface area contributed by atoms with Crippen molar-refractivity contribution in [3.8, 4) is 0 Å². The number of furan rings is 1. The Labute approximate surface area is 101 Å². The molecule has 0 bridgehead atoms. The fourth-order valence-corrected chi connectivity index (χ4v) is 1.94. The molecule has 0 aromatic carbocycles. The van der Waals surface area contributed by atoms with Gasteiger partial charge in [-0.15, -0.1) is 0 Å². The molecule has 0 aliphatic carbocycles. The minimum Gasteiger partial charge on any atom is -0.465 e. The Morgan fingerprint density at radius 3 is 3.12 bits per heavy atom. The second-order valence-electron chi connectivity index (χ2n) is 4.56. The van der Waals surface area contributed by atoms with Crippen LogP contribution in [-0.2, 0) is 4.79 Å². The first kappa shape index (κ1) is 11.9. The van der Waals surface area contributed by atoms with E-state index in [1.807, 2.05) is 6.07 Å². The molecule has 17 heavy (non-hydrogen) atoms. The van der Waals surface area contributed by atoms with Gasteiger partial charge in [-0.3, -0.25) is 4.79 Å². The molecule has 4 nitrogen and oxygen atoms in total. The number of hydrogen-bond acceptors (Lipinski definition) is 3. The molecule has 1 saturated heterocycles. The number of likely N-dealkylation sites (tertiary alicyclic amines) is 1. The van der Waals surface area contributed by atoms with Crippen molar-refractivity contribution in [1.82, 2.24) is 4.90 Å². The van der Waals surface area contributed by atoms with Gasteiger partial charge < -0.3 is 15.1 Å². The zero-order valence-electron chi connectivity index (χ0n) is 10.0. The molecule has 1 aliphatic rings. The molecule has 92 valence electrons. The molecule has 2 N–H and O–H groups in total. The minimum atomic E-state index is 0.00347. The number of hydrogen-bond donors (Lipinski definition) is 1. The highest BCUT2D eigenvalue weighted by molar-refractivity contribution is 5.91. The average Bonchev–Trinajstić information content (AvgIpc) is 2.82. The quantitative estimate of drug-likeness (QED) is 0.789. The lowest BCUT2D eigenvalue weighted by molar-refractivity contribution is -0.127. The van der Waals surface area contributed by atoms with Crippen LogP contribution in [0, 0.1) is 5.92 Å². The summed E-state index contributed by atoms with van der Waals surface area (Å²) in [5, 5.41) is 0. The van der Waals surface area contributed by atoms with Crippen molar-refractivity contribution in [2.45, 2.75) is 19.4 Å². The van der Waals surface area contributed by atoms with E-state index in [1.165, 1.54) is 0 Å². The number of carbonyl (C=O) groups excluding carboxylic acids is 1. The SMILES string of the molecule is CC1CCN(C(=O)C=Cc2ccco2)CC1N. The Morgan fingerprint density at radius 2 is 2.47 bits per heavy atom. The maximum absolute atomic E-state index is 11.9. The van der Waals surface area contributed by atoms with Crippen molar-refractivity contribution < 1.29 is 9.21 Å². The Hall–Kier alpha value is -1.55. The summed E-state index contributed by atoms with van der Waals surface area (Å²) in [7, 11) is 0. The highest BCUT2D eigenvalue weighted by Crippen LogP contribution is 2.15. The van der Waals surface area contributed by atoms with E-state index < -0.39 is 0 Å². The molecular weight excluding hydrogens is 216 g/mol. The van der Waals surface area contributed by atoms with Crippen LogP contribution in [0.4, 0.5) is 0 Å². The van der Waals surface area contributed by atoms with Crippen molar-refractivity contribution in [3.63, 3.8) is 0 Å².